The Morgan fingerprint density at radius 1 is 0.450 bits per heavy atom. The van der Waals surface area contributed by atoms with Crippen LogP contribution in [0.4, 0.5) is 0 Å². The Labute approximate surface area is 167 Å². The summed E-state index contributed by atoms with van der Waals surface area (Å²) in [6.45, 7) is 2.22. The third-order valence-corrected chi connectivity index (χ3v) is 16.5. The highest BCUT2D eigenvalue weighted by molar-refractivity contribution is 7.66. The highest BCUT2D eigenvalue weighted by Crippen LogP contribution is 2.40. The van der Waals surface area contributed by atoms with Gasteiger partial charge in [0.1, 0.15) is 0 Å². The third-order valence-electron chi connectivity index (χ3n) is 3.04. The lowest BCUT2D eigenvalue weighted by Crippen LogP contribution is -2.34. The van der Waals surface area contributed by atoms with Crippen molar-refractivity contribution in [3.05, 3.63) is 0 Å². The highest BCUT2D eigenvalue weighted by atomic mass is 35.9. The van der Waals surface area contributed by atoms with Gasteiger partial charge in [-0.1, -0.05) is 24.7 Å². The van der Waals surface area contributed by atoms with E-state index in [-0.39, 0.29) is 0 Å². The van der Waals surface area contributed by atoms with Crippen LogP contribution < -0.4 is 0 Å². The van der Waals surface area contributed by atoms with E-state index in [1.807, 2.05) is 0 Å². The van der Waals surface area contributed by atoms with Gasteiger partial charge < -0.3 is 0 Å². The van der Waals surface area contributed by atoms with E-state index in [4.69, 9.17) is 99.7 Å². The molecule has 0 aromatic heterocycles. The molecule has 0 spiro atoms. The van der Waals surface area contributed by atoms with Gasteiger partial charge in [-0.2, -0.15) is 0 Å². The van der Waals surface area contributed by atoms with E-state index in [1.54, 1.807) is 0 Å². The average Bonchev–Trinajstić information content (AvgIpc) is 2.18. The van der Waals surface area contributed by atoms with E-state index < -0.39 is 26.1 Å². The molecule has 0 aliphatic heterocycles. The quantitative estimate of drug-likeness (QED) is 0.209. The van der Waals surface area contributed by atoms with Crippen molar-refractivity contribution in [2.24, 2.45) is 0 Å². The SMILES string of the molecule is C[Si](CC[Si](Cl)(Cl)Cl)(CC[Si](Cl)(Cl)Cl)CC[Si](Cl)(Cl)Cl. The zero-order valence-corrected chi connectivity index (χ0v) is 21.4. The summed E-state index contributed by atoms with van der Waals surface area (Å²) in [6, 6.07) is -3.45. The van der Waals surface area contributed by atoms with E-state index in [0.717, 1.165) is 18.1 Å². The molecule has 0 saturated heterocycles. The molecule has 13 heteroatoms. The minimum atomic E-state index is -2.64. The van der Waals surface area contributed by atoms with E-state index in [9.17, 15) is 0 Å². The molecule has 0 nitrogen and oxygen atoms in total. The molecular weight excluding hydrogens is 515 g/mol. The number of halogens is 9. The Hall–Kier alpha value is 3.48. The first-order valence-electron chi connectivity index (χ1n) is 5.82. The molecule has 0 N–H and O–H groups in total. The van der Waals surface area contributed by atoms with E-state index in [2.05, 4.69) is 6.55 Å². The normalized spacial score (nSPS) is 14.7. The summed E-state index contributed by atoms with van der Waals surface area (Å²) in [4.78, 5) is 0. The molecule has 0 saturated carbocycles. The first-order chi connectivity index (χ1) is 8.62. The molecule has 20 heavy (non-hydrogen) atoms. The van der Waals surface area contributed by atoms with Gasteiger partial charge in [0.15, 0.2) is 0 Å². The van der Waals surface area contributed by atoms with Crippen molar-refractivity contribution in [2.45, 2.75) is 42.8 Å². The lowest BCUT2D eigenvalue weighted by molar-refractivity contribution is 1.16. The fourth-order valence-corrected chi connectivity index (χ4v) is 20.8. The largest absolute Gasteiger partial charge is 0.341 e. The number of hydrogen-bond acceptors (Lipinski definition) is 0. The van der Waals surface area contributed by atoms with Gasteiger partial charge in [0.05, 0.1) is 0 Å². The molecule has 0 aliphatic rings. The zero-order chi connectivity index (χ0) is 16.2. The Bertz CT molecular complexity index is 249. The summed E-state index contributed by atoms with van der Waals surface area (Å²) in [5.41, 5.74) is 0. The van der Waals surface area contributed by atoms with Gasteiger partial charge in [0.2, 0.25) is 0 Å². The Balaban J connectivity index is 4.66. The summed E-state index contributed by atoms with van der Waals surface area (Å²) in [5.74, 6) is 0. The molecule has 0 radical (unpaired) electrons. The van der Waals surface area contributed by atoms with Crippen molar-refractivity contribution in [3.8, 4) is 0 Å². The lowest BCUT2D eigenvalue weighted by atomic mass is 10.9. The van der Waals surface area contributed by atoms with Crippen LogP contribution in [0.1, 0.15) is 0 Å². The van der Waals surface area contributed by atoms with Crippen molar-refractivity contribution in [3.63, 3.8) is 0 Å². The zero-order valence-electron chi connectivity index (χ0n) is 10.6. The Kier molecular flexibility index (Phi) is 10.9. The summed E-state index contributed by atoms with van der Waals surface area (Å²) >= 11 is 53.8. The van der Waals surface area contributed by atoms with E-state index in [1.165, 1.54) is 0 Å². The van der Waals surface area contributed by atoms with E-state index in [0.29, 0.717) is 18.1 Å². The van der Waals surface area contributed by atoms with Crippen LogP contribution in [0.3, 0.4) is 0 Å². The Morgan fingerprint density at radius 3 is 0.800 bits per heavy atom. The van der Waals surface area contributed by atoms with Crippen LogP contribution >= 0.6 is 99.7 Å². The monoisotopic (exact) mass is 526 g/mol. The van der Waals surface area contributed by atoms with Crippen LogP contribution in [0.5, 0.6) is 0 Å². The molecule has 0 atom stereocenters. The van der Waals surface area contributed by atoms with Crippen molar-refractivity contribution in [2.75, 3.05) is 0 Å². The maximum Gasteiger partial charge on any atom is 0.341 e. The second kappa shape index (κ2) is 9.25. The molecule has 0 fully saturated rings. The molecule has 122 valence electrons. The van der Waals surface area contributed by atoms with Crippen molar-refractivity contribution < 1.29 is 0 Å². The molecule has 0 unspecified atom stereocenters. The molecule has 0 bridgehead atoms. The highest BCUT2D eigenvalue weighted by Gasteiger charge is 2.38. The van der Waals surface area contributed by atoms with Gasteiger partial charge in [0, 0.05) is 8.07 Å². The Morgan fingerprint density at radius 2 is 0.650 bits per heavy atom. The fourth-order valence-electron chi connectivity index (χ4n) is 1.71. The van der Waals surface area contributed by atoms with Gasteiger partial charge >= 0.3 is 18.0 Å². The molecule has 0 aromatic carbocycles. The predicted octanol–water partition coefficient (Wildman–Crippen LogP) is 8.03. The minimum Gasteiger partial charge on any atom is -0.126 e. The van der Waals surface area contributed by atoms with Gasteiger partial charge in [-0.15, -0.1) is 99.7 Å². The van der Waals surface area contributed by atoms with Crippen LogP contribution in [-0.4, -0.2) is 26.1 Å². The maximum atomic E-state index is 5.97. The van der Waals surface area contributed by atoms with Crippen LogP contribution in [0.25, 0.3) is 0 Å². The summed E-state index contributed by atoms with van der Waals surface area (Å²) < 4.78 is 0. The lowest BCUT2D eigenvalue weighted by Gasteiger charge is -2.30. The molecule has 0 rings (SSSR count). The van der Waals surface area contributed by atoms with Gasteiger partial charge in [-0.3, -0.25) is 0 Å². The molecule has 0 amide bonds. The smallest absolute Gasteiger partial charge is 0.126 e. The van der Waals surface area contributed by atoms with E-state index >= 15 is 0 Å². The van der Waals surface area contributed by atoms with Gasteiger partial charge in [0.25, 0.3) is 0 Å². The van der Waals surface area contributed by atoms with Crippen LogP contribution in [-0.2, 0) is 0 Å². The molecule has 0 aliphatic carbocycles. The van der Waals surface area contributed by atoms with Crippen LogP contribution in [0.15, 0.2) is 0 Å². The van der Waals surface area contributed by atoms with Crippen LogP contribution in [0, 0.1) is 0 Å². The van der Waals surface area contributed by atoms with Crippen molar-refractivity contribution in [1.29, 1.82) is 0 Å². The predicted molar refractivity (Wildman–Crippen MR) is 110 cm³/mol. The third kappa shape index (κ3) is 15.0. The summed E-state index contributed by atoms with van der Waals surface area (Å²) in [5, 5.41) is 0. The summed E-state index contributed by atoms with van der Waals surface area (Å²) in [6.07, 6.45) is 0. The first-order valence-corrected chi connectivity index (χ1v) is 24.7. The number of rotatable bonds is 9. The van der Waals surface area contributed by atoms with Crippen molar-refractivity contribution in [1.82, 2.24) is 0 Å². The first kappa shape index (κ1) is 23.5. The van der Waals surface area contributed by atoms with Gasteiger partial charge in [-0.25, -0.2) is 0 Å². The standard InChI is InChI=1S/C7H15Cl9Si4/c1-17(2-5-18(8,9)10,3-6-19(11,12)13)4-7-20(14,15)16/h2-7H2,1H3. The average molecular weight is 531 g/mol. The summed E-state index contributed by atoms with van der Waals surface area (Å²) in [7, 11) is -1.73. The maximum absolute atomic E-state index is 5.97. The topological polar surface area (TPSA) is 0 Å². The second-order valence-corrected chi connectivity index (χ2v) is 38.1. The fraction of sp³-hybridized carbons (Fsp3) is 1.00. The molecule has 0 aromatic rings. The number of hydrogen-bond donors (Lipinski definition) is 0. The minimum absolute atomic E-state index is 0.614. The molecule has 0 heterocycles. The van der Waals surface area contributed by atoms with Crippen molar-refractivity contribution >= 4 is 126 Å². The second-order valence-electron chi connectivity index (χ2n) is 5.16. The van der Waals surface area contributed by atoms with Crippen LogP contribution in [0.2, 0.25) is 42.8 Å². The molecular formula is C7H15Cl9Si4. The van der Waals surface area contributed by atoms with Gasteiger partial charge in [-0.05, 0) is 18.1 Å².